The third-order valence-corrected chi connectivity index (χ3v) is 4.95. The number of hydrogen-bond donors (Lipinski definition) is 1. The Bertz CT molecular complexity index is 214. The van der Waals surface area contributed by atoms with Gasteiger partial charge in [-0.25, -0.2) is 0 Å². The van der Waals surface area contributed by atoms with E-state index < -0.39 is 0 Å². The van der Waals surface area contributed by atoms with Crippen molar-refractivity contribution in [2.75, 3.05) is 13.1 Å². The van der Waals surface area contributed by atoms with Gasteiger partial charge in [-0.3, -0.25) is 0 Å². The van der Waals surface area contributed by atoms with Gasteiger partial charge < -0.3 is 5.32 Å². The Labute approximate surface area is 108 Å². The quantitative estimate of drug-likeness (QED) is 0.587. The van der Waals surface area contributed by atoms with E-state index >= 15 is 0 Å². The van der Waals surface area contributed by atoms with Crippen molar-refractivity contribution in [3.05, 3.63) is 0 Å². The van der Waals surface area contributed by atoms with E-state index in [2.05, 4.69) is 19.2 Å². The molecule has 0 aliphatic heterocycles. The summed E-state index contributed by atoms with van der Waals surface area (Å²) >= 11 is 0. The van der Waals surface area contributed by atoms with Crippen molar-refractivity contribution in [1.82, 2.24) is 5.32 Å². The van der Waals surface area contributed by atoms with E-state index in [1.54, 1.807) is 19.3 Å². The van der Waals surface area contributed by atoms with Gasteiger partial charge in [0, 0.05) is 6.54 Å². The maximum Gasteiger partial charge on any atom is 0.000801 e. The van der Waals surface area contributed by atoms with Gasteiger partial charge in [0.2, 0.25) is 0 Å². The van der Waals surface area contributed by atoms with Crippen LogP contribution in [0.15, 0.2) is 0 Å². The molecule has 100 valence electrons. The minimum Gasteiger partial charge on any atom is -0.316 e. The van der Waals surface area contributed by atoms with Gasteiger partial charge in [0.25, 0.3) is 0 Å². The van der Waals surface area contributed by atoms with Crippen LogP contribution >= 0.6 is 0 Å². The molecule has 2 fully saturated rings. The van der Waals surface area contributed by atoms with Crippen LogP contribution < -0.4 is 5.32 Å². The molecule has 0 radical (unpaired) electrons. The van der Waals surface area contributed by atoms with Crippen molar-refractivity contribution in [2.45, 2.75) is 71.6 Å². The number of nitrogens with one attached hydrogen (secondary N) is 1. The van der Waals surface area contributed by atoms with Crippen molar-refractivity contribution in [2.24, 2.45) is 17.3 Å². The minimum atomic E-state index is 0.705. The van der Waals surface area contributed by atoms with Gasteiger partial charge in [-0.2, -0.15) is 0 Å². The summed E-state index contributed by atoms with van der Waals surface area (Å²) in [6.45, 7) is 7.10. The molecule has 17 heavy (non-hydrogen) atoms. The Hall–Kier alpha value is -0.0400. The van der Waals surface area contributed by atoms with E-state index in [0.717, 1.165) is 11.8 Å². The molecular weight excluding hydrogens is 206 g/mol. The van der Waals surface area contributed by atoms with E-state index in [0.29, 0.717) is 5.41 Å². The molecule has 2 saturated carbocycles. The highest BCUT2D eigenvalue weighted by atomic mass is 14.9. The van der Waals surface area contributed by atoms with Crippen molar-refractivity contribution < 1.29 is 0 Å². The second-order valence-corrected chi connectivity index (χ2v) is 6.65. The van der Waals surface area contributed by atoms with Crippen LogP contribution in [0.25, 0.3) is 0 Å². The van der Waals surface area contributed by atoms with Gasteiger partial charge in [0.15, 0.2) is 0 Å². The van der Waals surface area contributed by atoms with Gasteiger partial charge >= 0.3 is 0 Å². The molecule has 0 heterocycles. The molecule has 0 aromatic rings. The fraction of sp³-hybridized carbons (Fsp3) is 1.00. The molecule has 0 aromatic heterocycles. The first-order valence-corrected chi connectivity index (χ1v) is 8.00. The van der Waals surface area contributed by atoms with Gasteiger partial charge in [-0.05, 0) is 55.9 Å². The molecule has 1 heteroatoms. The number of hydrogen-bond acceptors (Lipinski definition) is 1. The van der Waals surface area contributed by atoms with Crippen LogP contribution in [-0.4, -0.2) is 13.1 Å². The molecule has 2 aliphatic carbocycles. The Kier molecular flexibility index (Phi) is 4.90. The standard InChI is InChI=1S/C16H31N/c1-3-5-6-7-8-16(13-17-9-4-2)11-14-10-15(14)12-16/h14-15,17H,3-13H2,1-2H3. The van der Waals surface area contributed by atoms with Crippen LogP contribution in [0.1, 0.15) is 71.6 Å². The smallest absolute Gasteiger partial charge is 0.000801 e. The fourth-order valence-electron chi connectivity index (χ4n) is 3.90. The molecule has 0 bridgehead atoms. The molecule has 2 atom stereocenters. The van der Waals surface area contributed by atoms with Crippen LogP contribution in [0.3, 0.4) is 0 Å². The van der Waals surface area contributed by atoms with Crippen LogP contribution in [0, 0.1) is 17.3 Å². The topological polar surface area (TPSA) is 12.0 Å². The summed E-state index contributed by atoms with van der Waals surface area (Å²) in [5.41, 5.74) is 0.705. The summed E-state index contributed by atoms with van der Waals surface area (Å²) in [7, 11) is 0. The summed E-state index contributed by atoms with van der Waals surface area (Å²) < 4.78 is 0. The van der Waals surface area contributed by atoms with Crippen LogP contribution in [0.2, 0.25) is 0 Å². The van der Waals surface area contributed by atoms with Crippen molar-refractivity contribution in [3.63, 3.8) is 0 Å². The fourth-order valence-corrected chi connectivity index (χ4v) is 3.90. The SMILES string of the molecule is CCCCCCC1(CNCCC)CC2CC2C1. The van der Waals surface area contributed by atoms with Crippen LogP contribution in [0.4, 0.5) is 0 Å². The van der Waals surface area contributed by atoms with Crippen LogP contribution in [0.5, 0.6) is 0 Å². The van der Waals surface area contributed by atoms with Crippen molar-refractivity contribution >= 4 is 0 Å². The molecular formula is C16H31N. The molecule has 1 N–H and O–H groups in total. The summed E-state index contributed by atoms with van der Waals surface area (Å²) in [6, 6.07) is 0. The lowest BCUT2D eigenvalue weighted by Crippen LogP contribution is -2.33. The largest absolute Gasteiger partial charge is 0.316 e. The zero-order valence-electron chi connectivity index (χ0n) is 11.9. The second-order valence-electron chi connectivity index (χ2n) is 6.65. The van der Waals surface area contributed by atoms with Gasteiger partial charge in [-0.15, -0.1) is 0 Å². The first kappa shape index (κ1) is 13.4. The van der Waals surface area contributed by atoms with E-state index in [-0.39, 0.29) is 0 Å². The third kappa shape index (κ3) is 3.71. The lowest BCUT2D eigenvalue weighted by atomic mass is 9.78. The molecule has 2 aliphatic rings. The van der Waals surface area contributed by atoms with E-state index in [1.165, 1.54) is 51.6 Å². The Balaban J connectivity index is 1.72. The summed E-state index contributed by atoms with van der Waals surface area (Å²) in [5.74, 6) is 2.26. The number of unbranched alkanes of at least 4 members (excludes halogenated alkanes) is 3. The monoisotopic (exact) mass is 237 g/mol. The zero-order chi connectivity index (χ0) is 12.1. The normalized spacial score (nSPS) is 34.9. The predicted molar refractivity (Wildman–Crippen MR) is 75.2 cm³/mol. The molecule has 1 nitrogen and oxygen atoms in total. The van der Waals surface area contributed by atoms with Crippen LogP contribution in [-0.2, 0) is 0 Å². The van der Waals surface area contributed by atoms with Gasteiger partial charge in [0.1, 0.15) is 0 Å². The van der Waals surface area contributed by atoms with Crippen molar-refractivity contribution in [3.8, 4) is 0 Å². The highest BCUT2D eigenvalue weighted by Crippen LogP contribution is 2.61. The molecule has 0 saturated heterocycles. The van der Waals surface area contributed by atoms with Gasteiger partial charge in [0.05, 0.1) is 0 Å². The second kappa shape index (κ2) is 6.22. The van der Waals surface area contributed by atoms with Gasteiger partial charge in [-0.1, -0.05) is 39.5 Å². The maximum absolute atomic E-state index is 3.70. The van der Waals surface area contributed by atoms with Crippen molar-refractivity contribution in [1.29, 1.82) is 0 Å². The van der Waals surface area contributed by atoms with E-state index in [9.17, 15) is 0 Å². The molecule has 0 spiro atoms. The Morgan fingerprint density at radius 2 is 1.76 bits per heavy atom. The average molecular weight is 237 g/mol. The minimum absolute atomic E-state index is 0.705. The number of fused-ring (bicyclic) bond motifs is 1. The Morgan fingerprint density at radius 3 is 2.41 bits per heavy atom. The zero-order valence-corrected chi connectivity index (χ0v) is 11.9. The predicted octanol–water partition coefficient (Wildman–Crippen LogP) is 4.37. The number of rotatable bonds is 9. The first-order valence-electron chi connectivity index (χ1n) is 8.00. The summed E-state index contributed by atoms with van der Waals surface area (Å²) in [5, 5.41) is 3.70. The Morgan fingerprint density at radius 1 is 1.00 bits per heavy atom. The highest BCUT2D eigenvalue weighted by Gasteiger charge is 2.52. The lowest BCUT2D eigenvalue weighted by Gasteiger charge is -2.31. The maximum atomic E-state index is 3.70. The third-order valence-electron chi connectivity index (χ3n) is 4.95. The first-order chi connectivity index (χ1) is 8.29. The molecule has 0 amide bonds. The van der Waals surface area contributed by atoms with E-state index in [1.807, 2.05) is 0 Å². The molecule has 0 aromatic carbocycles. The molecule has 2 unspecified atom stereocenters. The summed E-state index contributed by atoms with van der Waals surface area (Å²) in [4.78, 5) is 0. The van der Waals surface area contributed by atoms with E-state index in [4.69, 9.17) is 0 Å². The molecule has 2 rings (SSSR count). The summed E-state index contributed by atoms with van der Waals surface area (Å²) in [6.07, 6.45) is 13.2. The lowest BCUT2D eigenvalue weighted by molar-refractivity contribution is 0.222. The highest BCUT2D eigenvalue weighted by molar-refractivity contribution is 5.03. The average Bonchev–Trinajstić information content (AvgIpc) is 2.94.